The summed E-state index contributed by atoms with van der Waals surface area (Å²) in [5.41, 5.74) is 7.30. The fourth-order valence-electron chi connectivity index (χ4n) is 5.06. The Labute approximate surface area is 255 Å². The lowest BCUT2D eigenvalue weighted by molar-refractivity contribution is -0.137. The number of rotatable bonds is 7. The Morgan fingerprint density at radius 3 is 2.41 bits per heavy atom. The first-order chi connectivity index (χ1) is 21.1. The molecule has 0 bridgehead atoms. The van der Waals surface area contributed by atoms with Crippen LogP contribution >= 0.6 is 0 Å². The summed E-state index contributed by atoms with van der Waals surface area (Å²) in [4.78, 5) is 79.1. The molecule has 5 N–H and O–H groups in total. The molecule has 13 heteroatoms. The van der Waals surface area contributed by atoms with Crippen molar-refractivity contribution in [2.24, 2.45) is 5.73 Å². The third kappa shape index (κ3) is 8.79. The van der Waals surface area contributed by atoms with E-state index < -0.39 is 48.0 Å². The highest BCUT2D eigenvalue weighted by Gasteiger charge is 2.29. The number of para-hydroxylation sites is 1. The van der Waals surface area contributed by atoms with Crippen molar-refractivity contribution >= 4 is 35.4 Å². The van der Waals surface area contributed by atoms with Crippen LogP contribution < -0.4 is 26.4 Å². The van der Waals surface area contributed by atoms with Gasteiger partial charge in [0.2, 0.25) is 29.5 Å². The molecule has 2 heterocycles. The highest BCUT2D eigenvalue weighted by Crippen LogP contribution is 2.19. The molecule has 2 atom stereocenters. The lowest BCUT2D eigenvalue weighted by Gasteiger charge is -2.24. The van der Waals surface area contributed by atoms with Crippen LogP contribution in [0, 0.1) is 0 Å². The molecule has 0 radical (unpaired) electrons. The van der Waals surface area contributed by atoms with Crippen LogP contribution in [0.5, 0.6) is 5.75 Å². The van der Waals surface area contributed by atoms with Crippen LogP contribution in [0.1, 0.15) is 53.6 Å². The van der Waals surface area contributed by atoms with Crippen LogP contribution in [0.4, 0.5) is 0 Å². The average molecular weight is 607 g/mol. The van der Waals surface area contributed by atoms with E-state index in [1.165, 1.54) is 11.9 Å². The molecule has 2 aromatic carbocycles. The van der Waals surface area contributed by atoms with E-state index >= 15 is 0 Å². The van der Waals surface area contributed by atoms with Gasteiger partial charge >= 0.3 is 0 Å². The quantitative estimate of drug-likeness (QED) is 0.348. The maximum atomic E-state index is 13.3. The first kappa shape index (κ1) is 32.0. The first-order valence-corrected chi connectivity index (χ1v) is 14.6. The van der Waals surface area contributed by atoms with Crippen LogP contribution in [0.3, 0.4) is 0 Å². The van der Waals surface area contributed by atoms with Gasteiger partial charge in [-0.25, -0.2) is 0 Å². The molecule has 2 aromatic rings. The molecule has 6 amide bonds. The van der Waals surface area contributed by atoms with Gasteiger partial charge in [0.05, 0.1) is 18.5 Å². The number of likely N-dealkylation sites (tertiary alicyclic amines) is 1. The molecule has 0 aromatic heterocycles. The number of primary amides is 1. The second-order valence-electron chi connectivity index (χ2n) is 10.9. The molecule has 234 valence electrons. The lowest BCUT2D eigenvalue weighted by atomic mass is 10.1. The minimum atomic E-state index is -1.18. The minimum absolute atomic E-state index is 0.0286. The van der Waals surface area contributed by atoms with E-state index in [0.29, 0.717) is 13.0 Å². The van der Waals surface area contributed by atoms with Gasteiger partial charge in [-0.2, -0.15) is 0 Å². The van der Waals surface area contributed by atoms with Crippen LogP contribution in [0.15, 0.2) is 48.5 Å². The van der Waals surface area contributed by atoms with Crippen molar-refractivity contribution in [2.75, 3.05) is 26.7 Å². The number of nitrogens with zero attached hydrogens (tertiary/aromatic N) is 2. The van der Waals surface area contributed by atoms with E-state index in [4.69, 9.17) is 10.5 Å². The molecule has 4 rings (SSSR count). The average Bonchev–Trinajstić information content (AvgIpc) is 3.41. The number of hydrogen-bond donors (Lipinski definition) is 4. The Bertz CT molecular complexity index is 1400. The molecule has 2 aliphatic rings. The monoisotopic (exact) mass is 606 g/mol. The number of nitrogens with two attached hydrogens (primary N) is 1. The Kier molecular flexibility index (Phi) is 10.9. The summed E-state index contributed by atoms with van der Waals surface area (Å²) in [6.45, 7) is 1.59. The van der Waals surface area contributed by atoms with E-state index in [9.17, 15) is 28.8 Å². The maximum absolute atomic E-state index is 13.3. The van der Waals surface area contributed by atoms with Gasteiger partial charge in [0.1, 0.15) is 24.4 Å². The van der Waals surface area contributed by atoms with Crippen molar-refractivity contribution in [2.45, 2.75) is 57.3 Å². The summed E-state index contributed by atoms with van der Waals surface area (Å²) in [5.74, 6) is -2.53. The zero-order valence-corrected chi connectivity index (χ0v) is 24.7. The van der Waals surface area contributed by atoms with E-state index in [0.717, 1.165) is 24.1 Å². The van der Waals surface area contributed by atoms with Crippen molar-refractivity contribution in [1.29, 1.82) is 0 Å². The molecule has 0 saturated carbocycles. The number of benzene rings is 2. The Balaban J connectivity index is 1.47. The Morgan fingerprint density at radius 2 is 1.70 bits per heavy atom. The van der Waals surface area contributed by atoms with Crippen LogP contribution in [-0.2, 0) is 37.1 Å². The molecule has 13 nitrogen and oxygen atoms in total. The molecule has 1 saturated heterocycles. The third-order valence-electron chi connectivity index (χ3n) is 7.55. The molecular weight excluding hydrogens is 568 g/mol. The van der Waals surface area contributed by atoms with Crippen LogP contribution in [0.25, 0.3) is 0 Å². The zero-order chi connectivity index (χ0) is 31.6. The van der Waals surface area contributed by atoms with Crippen LogP contribution in [-0.4, -0.2) is 84.1 Å². The molecule has 0 unspecified atom stereocenters. The van der Waals surface area contributed by atoms with Gasteiger partial charge in [0.15, 0.2) is 0 Å². The number of nitrogens with one attached hydrogen (secondary N) is 3. The zero-order valence-electron chi connectivity index (χ0n) is 24.7. The van der Waals surface area contributed by atoms with Gasteiger partial charge in [-0.15, -0.1) is 0 Å². The number of fused-ring (bicyclic) bond motifs is 1. The van der Waals surface area contributed by atoms with E-state index in [1.807, 2.05) is 29.2 Å². The summed E-state index contributed by atoms with van der Waals surface area (Å²) in [5, 5.41) is 8.07. The Morgan fingerprint density at radius 1 is 0.977 bits per heavy atom. The fourth-order valence-corrected chi connectivity index (χ4v) is 5.06. The number of carbonyl (C=O) groups is 6. The summed E-state index contributed by atoms with van der Waals surface area (Å²) < 4.78 is 5.79. The summed E-state index contributed by atoms with van der Waals surface area (Å²) >= 11 is 0. The fraction of sp³-hybridized carbons (Fsp3) is 0.419. The van der Waals surface area contributed by atoms with E-state index in [2.05, 4.69) is 16.0 Å². The lowest BCUT2D eigenvalue weighted by Crippen LogP contribution is -2.50. The normalized spacial score (nSPS) is 20.0. The highest BCUT2D eigenvalue weighted by molar-refractivity contribution is 6.00. The number of amides is 6. The SMILES string of the molecule is CN1CCOc2ccccc2C(=O)N[C@H](C(=O)NCc2ccc(CN3CCCC3=O)cc2)CCC(=O)N[C@@H](CC(N)=O)C1=O. The maximum Gasteiger partial charge on any atom is 0.255 e. The van der Waals surface area contributed by atoms with E-state index in [1.54, 1.807) is 24.3 Å². The van der Waals surface area contributed by atoms with Gasteiger partial charge in [-0.05, 0) is 36.1 Å². The van der Waals surface area contributed by atoms with Crippen LogP contribution in [0.2, 0.25) is 0 Å². The minimum Gasteiger partial charge on any atom is -0.491 e. The van der Waals surface area contributed by atoms with Gasteiger partial charge in [-0.3, -0.25) is 28.8 Å². The topological polar surface area (TPSA) is 180 Å². The number of likely N-dealkylation sites (N-methyl/N-ethyl adjacent to an activating group) is 1. The van der Waals surface area contributed by atoms with Crippen molar-refractivity contribution in [3.8, 4) is 5.75 Å². The molecule has 0 spiro atoms. The molecule has 0 aliphatic carbocycles. The summed E-state index contributed by atoms with van der Waals surface area (Å²) in [6, 6.07) is 11.8. The summed E-state index contributed by atoms with van der Waals surface area (Å²) in [6.07, 6.45) is 0.748. The second kappa shape index (κ2) is 15.0. The number of hydrogen-bond acceptors (Lipinski definition) is 7. The van der Waals surface area contributed by atoms with Crippen molar-refractivity contribution in [3.05, 3.63) is 65.2 Å². The van der Waals surface area contributed by atoms with Gasteiger partial charge in [0, 0.05) is 39.5 Å². The van der Waals surface area contributed by atoms with Gasteiger partial charge < -0.3 is 36.2 Å². The molecule has 2 aliphatic heterocycles. The highest BCUT2D eigenvalue weighted by atomic mass is 16.5. The number of carbonyl (C=O) groups excluding carboxylic acids is 6. The second-order valence-corrected chi connectivity index (χ2v) is 10.9. The molecule has 1 fully saturated rings. The van der Waals surface area contributed by atoms with Crippen molar-refractivity contribution < 1.29 is 33.5 Å². The Hall–Kier alpha value is -4.94. The summed E-state index contributed by atoms with van der Waals surface area (Å²) in [7, 11) is 1.50. The first-order valence-electron chi connectivity index (χ1n) is 14.6. The predicted octanol–water partition coefficient (Wildman–Crippen LogP) is 0.215. The standard InChI is InChI=1S/C31H38N6O7/c1-36-15-16-44-25-6-3-2-5-22(25)29(41)35-23(12-13-27(39)34-24(31(36)43)17-26(32)38)30(42)33-18-20-8-10-21(11-9-20)19-37-14-4-7-28(37)40/h2-3,5-6,8-11,23-24H,4,7,12-19H2,1H3,(H2,32,38)(H,33,42)(H,34,39)(H,35,41)/t23-,24-/m0/s1. The van der Waals surface area contributed by atoms with Gasteiger partial charge in [-0.1, -0.05) is 36.4 Å². The molecular formula is C31H38N6O7. The van der Waals surface area contributed by atoms with Crippen molar-refractivity contribution in [3.63, 3.8) is 0 Å². The third-order valence-corrected chi connectivity index (χ3v) is 7.55. The van der Waals surface area contributed by atoms with Gasteiger partial charge in [0.25, 0.3) is 5.91 Å². The van der Waals surface area contributed by atoms with E-state index in [-0.39, 0.29) is 49.8 Å². The van der Waals surface area contributed by atoms with Crippen molar-refractivity contribution in [1.82, 2.24) is 25.8 Å². The smallest absolute Gasteiger partial charge is 0.255 e. The molecule has 44 heavy (non-hydrogen) atoms. The predicted molar refractivity (Wildman–Crippen MR) is 159 cm³/mol. The largest absolute Gasteiger partial charge is 0.491 e. The number of ether oxygens (including phenoxy) is 1.